The van der Waals surface area contributed by atoms with Gasteiger partial charge in [-0.25, -0.2) is 4.98 Å². The zero-order valence-electron chi connectivity index (χ0n) is 9.42. The number of halogens is 1. The smallest absolute Gasteiger partial charge is 0.222 e. The number of anilines is 2. The number of hydrogen-bond donors (Lipinski definition) is 2. The SMILES string of the molecule is CC(Nc1nc(N)ncc1Cl)c1nncn1C. The summed E-state index contributed by atoms with van der Waals surface area (Å²) in [5.41, 5.74) is 5.50. The number of nitrogens with two attached hydrogens (primary N) is 1. The van der Waals surface area contributed by atoms with E-state index in [-0.39, 0.29) is 12.0 Å². The first-order chi connectivity index (χ1) is 8.08. The Balaban J connectivity index is 2.21. The van der Waals surface area contributed by atoms with Crippen LogP contribution < -0.4 is 11.1 Å². The minimum absolute atomic E-state index is 0.0886. The number of rotatable bonds is 3. The third-order valence-electron chi connectivity index (χ3n) is 2.25. The third kappa shape index (κ3) is 2.44. The first kappa shape index (κ1) is 11.6. The largest absolute Gasteiger partial charge is 0.368 e. The summed E-state index contributed by atoms with van der Waals surface area (Å²) >= 11 is 5.96. The number of nitrogens with one attached hydrogen (secondary N) is 1. The van der Waals surface area contributed by atoms with Gasteiger partial charge in [0.25, 0.3) is 0 Å². The van der Waals surface area contributed by atoms with Crippen LogP contribution in [0.3, 0.4) is 0 Å². The Morgan fingerprint density at radius 1 is 1.53 bits per heavy atom. The molecule has 7 nitrogen and oxygen atoms in total. The normalized spacial score (nSPS) is 12.4. The summed E-state index contributed by atoms with van der Waals surface area (Å²) in [7, 11) is 1.86. The minimum atomic E-state index is -0.0886. The van der Waals surface area contributed by atoms with Crippen LogP contribution >= 0.6 is 11.6 Å². The molecular weight excluding hydrogens is 242 g/mol. The van der Waals surface area contributed by atoms with Crippen molar-refractivity contribution < 1.29 is 0 Å². The van der Waals surface area contributed by atoms with E-state index in [0.717, 1.165) is 5.82 Å². The van der Waals surface area contributed by atoms with Gasteiger partial charge < -0.3 is 15.6 Å². The van der Waals surface area contributed by atoms with Crippen LogP contribution in [0.25, 0.3) is 0 Å². The molecule has 0 aliphatic rings. The van der Waals surface area contributed by atoms with Crippen LogP contribution in [0.15, 0.2) is 12.5 Å². The highest BCUT2D eigenvalue weighted by molar-refractivity contribution is 6.32. The zero-order chi connectivity index (χ0) is 12.4. The van der Waals surface area contributed by atoms with Crippen LogP contribution in [0.5, 0.6) is 0 Å². The first-order valence-electron chi connectivity index (χ1n) is 4.96. The average molecular weight is 254 g/mol. The lowest BCUT2D eigenvalue weighted by atomic mass is 10.3. The van der Waals surface area contributed by atoms with Crippen molar-refractivity contribution in [3.8, 4) is 0 Å². The highest BCUT2D eigenvalue weighted by Gasteiger charge is 2.13. The van der Waals surface area contributed by atoms with E-state index in [4.69, 9.17) is 17.3 Å². The lowest BCUT2D eigenvalue weighted by Crippen LogP contribution is -2.13. The molecule has 0 bridgehead atoms. The van der Waals surface area contributed by atoms with Crippen LogP contribution in [0.2, 0.25) is 5.02 Å². The van der Waals surface area contributed by atoms with Crippen LogP contribution in [-0.4, -0.2) is 24.7 Å². The highest BCUT2D eigenvalue weighted by atomic mass is 35.5. The zero-order valence-corrected chi connectivity index (χ0v) is 10.2. The lowest BCUT2D eigenvalue weighted by molar-refractivity contribution is 0.716. The third-order valence-corrected chi connectivity index (χ3v) is 2.53. The van der Waals surface area contributed by atoms with Gasteiger partial charge in [-0.15, -0.1) is 10.2 Å². The molecule has 0 aliphatic carbocycles. The Morgan fingerprint density at radius 2 is 2.29 bits per heavy atom. The van der Waals surface area contributed by atoms with E-state index in [9.17, 15) is 0 Å². The Kier molecular flexibility index (Phi) is 3.10. The molecule has 0 fully saturated rings. The van der Waals surface area contributed by atoms with E-state index in [2.05, 4.69) is 25.5 Å². The van der Waals surface area contributed by atoms with Crippen molar-refractivity contribution >= 4 is 23.4 Å². The van der Waals surface area contributed by atoms with Crippen LogP contribution in [0.4, 0.5) is 11.8 Å². The summed E-state index contributed by atoms with van der Waals surface area (Å²) < 4.78 is 1.82. The van der Waals surface area contributed by atoms with Gasteiger partial charge in [0.05, 0.1) is 12.2 Å². The Morgan fingerprint density at radius 3 is 2.94 bits per heavy atom. The summed E-state index contributed by atoms with van der Waals surface area (Å²) in [6, 6.07) is -0.0886. The maximum atomic E-state index is 5.96. The van der Waals surface area contributed by atoms with E-state index < -0.39 is 0 Å². The van der Waals surface area contributed by atoms with E-state index >= 15 is 0 Å². The van der Waals surface area contributed by atoms with Crippen molar-refractivity contribution in [2.45, 2.75) is 13.0 Å². The molecule has 90 valence electrons. The maximum absolute atomic E-state index is 5.96. The van der Waals surface area contributed by atoms with Crippen molar-refractivity contribution in [3.63, 3.8) is 0 Å². The molecule has 2 aromatic rings. The van der Waals surface area contributed by atoms with E-state index in [1.165, 1.54) is 6.20 Å². The monoisotopic (exact) mass is 253 g/mol. The quantitative estimate of drug-likeness (QED) is 0.848. The molecule has 3 N–H and O–H groups in total. The van der Waals surface area contributed by atoms with Crippen LogP contribution in [0, 0.1) is 0 Å². The molecule has 0 spiro atoms. The summed E-state index contributed by atoms with van der Waals surface area (Å²) in [6.07, 6.45) is 3.08. The molecule has 2 aromatic heterocycles. The van der Waals surface area contributed by atoms with E-state index in [1.54, 1.807) is 6.33 Å². The van der Waals surface area contributed by atoms with Gasteiger partial charge in [-0.3, -0.25) is 0 Å². The number of nitrogens with zero attached hydrogens (tertiary/aromatic N) is 5. The molecule has 0 aliphatic heterocycles. The number of aromatic nitrogens is 5. The second-order valence-electron chi connectivity index (χ2n) is 3.59. The minimum Gasteiger partial charge on any atom is -0.368 e. The molecule has 17 heavy (non-hydrogen) atoms. The summed E-state index contributed by atoms with van der Waals surface area (Å²) in [4.78, 5) is 7.81. The van der Waals surface area contributed by atoms with Gasteiger partial charge in [-0.05, 0) is 6.92 Å². The van der Waals surface area contributed by atoms with Gasteiger partial charge in [0.2, 0.25) is 5.95 Å². The van der Waals surface area contributed by atoms with Gasteiger partial charge >= 0.3 is 0 Å². The Labute approximate surface area is 103 Å². The molecule has 1 atom stereocenters. The van der Waals surface area contributed by atoms with Crippen molar-refractivity contribution in [3.05, 3.63) is 23.4 Å². The molecule has 1 unspecified atom stereocenters. The molecule has 0 amide bonds. The van der Waals surface area contributed by atoms with Crippen molar-refractivity contribution in [2.75, 3.05) is 11.1 Å². The summed E-state index contributed by atoms with van der Waals surface area (Å²) in [5, 5.41) is 11.3. The Bertz CT molecular complexity index is 524. The standard InChI is InChI=1S/C9H12ClN7/c1-5(8-16-13-4-17(8)2)14-7-6(10)3-12-9(11)15-7/h3-5H,1-2H3,(H3,11,12,14,15). The molecule has 0 saturated heterocycles. The molecular formula is C9H12ClN7. The van der Waals surface area contributed by atoms with Gasteiger partial charge in [0.15, 0.2) is 11.6 Å². The highest BCUT2D eigenvalue weighted by Crippen LogP contribution is 2.22. The molecule has 0 saturated carbocycles. The fraction of sp³-hybridized carbons (Fsp3) is 0.333. The second kappa shape index (κ2) is 4.54. The van der Waals surface area contributed by atoms with E-state index in [1.807, 2.05) is 18.5 Å². The topological polar surface area (TPSA) is 94.5 Å². The van der Waals surface area contributed by atoms with Gasteiger partial charge in [-0.1, -0.05) is 11.6 Å². The van der Waals surface area contributed by atoms with Gasteiger partial charge in [0, 0.05) is 7.05 Å². The summed E-state index contributed by atoms with van der Waals surface area (Å²) in [5.74, 6) is 1.43. The second-order valence-corrected chi connectivity index (χ2v) is 4.00. The molecule has 2 heterocycles. The first-order valence-corrected chi connectivity index (χ1v) is 5.34. The summed E-state index contributed by atoms with van der Waals surface area (Å²) in [6.45, 7) is 1.93. The average Bonchev–Trinajstić information content (AvgIpc) is 2.70. The van der Waals surface area contributed by atoms with Crippen LogP contribution in [0.1, 0.15) is 18.8 Å². The number of hydrogen-bond acceptors (Lipinski definition) is 6. The molecule has 2 rings (SSSR count). The van der Waals surface area contributed by atoms with Crippen LogP contribution in [-0.2, 0) is 7.05 Å². The molecule has 0 radical (unpaired) electrons. The Hall–Kier alpha value is -1.89. The molecule has 8 heteroatoms. The van der Waals surface area contributed by atoms with Gasteiger partial charge in [0.1, 0.15) is 11.3 Å². The number of nitrogen functional groups attached to an aromatic ring is 1. The van der Waals surface area contributed by atoms with Crippen molar-refractivity contribution in [1.29, 1.82) is 0 Å². The number of aryl methyl sites for hydroxylation is 1. The van der Waals surface area contributed by atoms with Crippen molar-refractivity contribution in [1.82, 2.24) is 24.7 Å². The molecule has 0 aromatic carbocycles. The lowest BCUT2D eigenvalue weighted by Gasteiger charge is -2.14. The predicted octanol–water partition coefficient (Wildman–Crippen LogP) is 1.01. The fourth-order valence-electron chi connectivity index (χ4n) is 1.44. The predicted molar refractivity (Wildman–Crippen MR) is 64.5 cm³/mol. The fourth-order valence-corrected chi connectivity index (χ4v) is 1.58. The maximum Gasteiger partial charge on any atom is 0.222 e. The van der Waals surface area contributed by atoms with Gasteiger partial charge in [-0.2, -0.15) is 4.98 Å². The van der Waals surface area contributed by atoms with E-state index in [0.29, 0.717) is 10.8 Å². The van der Waals surface area contributed by atoms with Crippen molar-refractivity contribution in [2.24, 2.45) is 7.05 Å².